The fraction of sp³-hybridized carbons (Fsp3) is 0.0769. The fourth-order valence-corrected chi connectivity index (χ4v) is 4.74. The van der Waals surface area contributed by atoms with Gasteiger partial charge >= 0.3 is 0 Å². The number of carbonyl (C=O) groups excluding carboxylic acids is 1. The van der Waals surface area contributed by atoms with E-state index in [0.29, 0.717) is 17.2 Å². The van der Waals surface area contributed by atoms with Gasteiger partial charge in [0.15, 0.2) is 5.13 Å². The average Bonchev–Trinajstić information content (AvgIpc) is 3.21. The number of carbonyl (C=O) groups is 1. The van der Waals surface area contributed by atoms with Gasteiger partial charge in [-0.3, -0.25) is 9.69 Å². The van der Waals surface area contributed by atoms with Gasteiger partial charge in [0.25, 0.3) is 0 Å². The van der Waals surface area contributed by atoms with E-state index in [4.69, 9.17) is 0 Å². The molecule has 3 nitrogen and oxygen atoms in total. The topological polar surface area (TPSA) is 33.2 Å². The number of benzene rings is 4. The van der Waals surface area contributed by atoms with E-state index in [0.717, 1.165) is 26.6 Å². The van der Waals surface area contributed by atoms with Crippen molar-refractivity contribution in [2.75, 3.05) is 4.90 Å². The second kappa shape index (κ2) is 8.28. The van der Waals surface area contributed by atoms with Crippen molar-refractivity contribution in [3.8, 4) is 0 Å². The molecule has 0 saturated heterocycles. The molecule has 0 N–H and O–H groups in total. The van der Waals surface area contributed by atoms with Gasteiger partial charge in [-0.25, -0.2) is 9.37 Å². The summed E-state index contributed by atoms with van der Waals surface area (Å²) in [5, 5.41) is 2.76. The van der Waals surface area contributed by atoms with E-state index >= 15 is 0 Å². The van der Waals surface area contributed by atoms with Crippen molar-refractivity contribution in [3.05, 3.63) is 108 Å². The SMILES string of the molecule is O=C(Cc1cccc2ccccc12)N(Cc1ccccc1)c1nc2ccc(F)cc2s1. The Hall–Kier alpha value is -3.57. The minimum atomic E-state index is -0.306. The number of anilines is 1. The molecule has 0 aliphatic rings. The van der Waals surface area contributed by atoms with Crippen molar-refractivity contribution in [2.45, 2.75) is 13.0 Å². The standard InChI is InChI=1S/C26H19FN2OS/c27-21-13-14-23-24(16-21)31-26(28-23)29(17-18-7-2-1-3-8-18)25(30)15-20-11-6-10-19-9-4-5-12-22(19)20/h1-14,16H,15,17H2. The van der Waals surface area contributed by atoms with Gasteiger partial charge in [-0.15, -0.1) is 0 Å². The zero-order valence-corrected chi connectivity index (χ0v) is 17.5. The highest BCUT2D eigenvalue weighted by molar-refractivity contribution is 7.22. The van der Waals surface area contributed by atoms with Gasteiger partial charge in [0.05, 0.1) is 23.2 Å². The maximum Gasteiger partial charge on any atom is 0.233 e. The summed E-state index contributed by atoms with van der Waals surface area (Å²) < 4.78 is 14.4. The molecule has 5 rings (SSSR count). The second-order valence-corrected chi connectivity index (χ2v) is 8.40. The lowest BCUT2D eigenvalue weighted by Gasteiger charge is -2.20. The number of hydrogen-bond donors (Lipinski definition) is 0. The predicted octanol–water partition coefficient (Wildman–Crippen LogP) is 6.36. The summed E-state index contributed by atoms with van der Waals surface area (Å²) in [5.74, 6) is -0.348. The van der Waals surface area contributed by atoms with Gasteiger partial charge in [-0.1, -0.05) is 84.1 Å². The van der Waals surface area contributed by atoms with E-state index in [1.807, 2.05) is 72.8 Å². The lowest BCUT2D eigenvalue weighted by Crippen LogP contribution is -2.31. The number of thiazole rings is 1. The fourth-order valence-electron chi connectivity index (χ4n) is 3.74. The third-order valence-corrected chi connectivity index (χ3v) is 6.32. The summed E-state index contributed by atoms with van der Waals surface area (Å²) >= 11 is 1.34. The van der Waals surface area contributed by atoms with Crippen LogP contribution in [-0.4, -0.2) is 10.9 Å². The lowest BCUT2D eigenvalue weighted by molar-refractivity contribution is -0.118. The molecule has 1 aromatic heterocycles. The predicted molar refractivity (Wildman–Crippen MR) is 125 cm³/mol. The summed E-state index contributed by atoms with van der Waals surface area (Å²) in [6.07, 6.45) is 0.262. The van der Waals surface area contributed by atoms with Crippen LogP contribution in [0.3, 0.4) is 0 Å². The minimum Gasteiger partial charge on any atom is -0.283 e. The van der Waals surface area contributed by atoms with E-state index in [9.17, 15) is 9.18 Å². The monoisotopic (exact) mass is 426 g/mol. The Kier molecular flexibility index (Phi) is 5.18. The average molecular weight is 427 g/mol. The smallest absolute Gasteiger partial charge is 0.233 e. The zero-order chi connectivity index (χ0) is 21.2. The highest BCUT2D eigenvalue weighted by Crippen LogP contribution is 2.31. The molecule has 5 aromatic rings. The van der Waals surface area contributed by atoms with Crippen LogP contribution in [0.4, 0.5) is 9.52 Å². The quantitative estimate of drug-likeness (QED) is 0.327. The number of amides is 1. The summed E-state index contributed by atoms with van der Waals surface area (Å²) in [6, 6.07) is 28.4. The molecular weight excluding hydrogens is 407 g/mol. The van der Waals surface area contributed by atoms with Crippen molar-refractivity contribution in [2.24, 2.45) is 0 Å². The van der Waals surface area contributed by atoms with Crippen LogP contribution in [0.1, 0.15) is 11.1 Å². The Bertz CT molecular complexity index is 1380. The molecule has 0 saturated carbocycles. The molecule has 0 unspecified atom stereocenters. The summed E-state index contributed by atoms with van der Waals surface area (Å²) in [4.78, 5) is 19.9. The van der Waals surface area contributed by atoms with Gasteiger partial charge in [0, 0.05) is 0 Å². The largest absolute Gasteiger partial charge is 0.283 e. The molecule has 0 aliphatic heterocycles. The van der Waals surface area contributed by atoms with E-state index in [-0.39, 0.29) is 18.1 Å². The first kappa shape index (κ1) is 19.4. The Morgan fingerprint density at radius 2 is 1.68 bits per heavy atom. The summed E-state index contributed by atoms with van der Waals surface area (Å²) in [7, 11) is 0. The first-order chi connectivity index (χ1) is 15.2. The number of rotatable bonds is 5. The zero-order valence-electron chi connectivity index (χ0n) is 16.7. The summed E-state index contributed by atoms with van der Waals surface area (Å²) in [5.41, 5.74) is 2.69. The number of fused-ring (bicyclic) bond motifs is 2. The van der Waals surface area contributed by atoms with E-state index in [2.05, 4.69) is 4.98 Å². The van der Waals surface area contributed by atoms with Crippen LogP contribution in [0.5, 0.6) is 0 Å². The molecule has 5 heteroatoms. The first-order valence-corrected chi connectivity index (χ1v) is 10.9. The van der Waals surface area contributed by atoms with Crippen LogP contribution in [0.2, 0.25) is 0 Å². The Morgan fingerprint density at radius 1 is 0.903 bits per heavy atom. The highest BCUT2D eigenvalue weighted by atomic mass is 32.1. The van der Waals surface area contributed by atoms with Crippen LogP contribution in [0.25, 0.3) is 21.0 Å². The van der Waals surface area contributed by atoms with Crippen LogP contribution in [0.15, 0.2) is 91.0 Å². The van der Waals surface area contributed by atoms with Crippen molar-refractivity contribution >= 4 is 43.4 Å². The van der Waals surface area contributed by atoms with Crippen LogP contribution in [0, 0.1) is 5.82 Å². The first-order valence-electron chi connectivity index (χ1n) is 10.0. The molecule has 0 fully saturated rings. The summed E-state index contributed by atoms with van der Waals surface area (Å²) in [6.45, 7) is 0.409. The van der Waals surface area contributed by atoms with Gasteiger partial charge < -0.3 is 0 Å². The van der Waals surface area contributed by atoms with Crippen molar-refractivity contribution in [1.29, 1.82) is 0 Å². The maximum atomic E-state index is 13.7. The van der Waals surface area contributed by atoms with E-state index in [1.165, 1.54) is 23.5 Å². The molecule has 152 valence electrons. The number of nitrogens with zero attached hydrogens (tertiary/aromatic N) is 2. The molecular formula is C26H19FN2OS. The van der Waals surface area contributed by atoms with Crippen molar-refractivity contribution in [1.82, 2.24) is 4.98 Å². The molecule has 0 bridgehead atoms. The van der Waals surface area contributed by atoms with E-state index < -0.39 is 0 Å². The van der Waals surface area contributed by atoms with Gasteiger partial charge in [0.1, 0.15) is 5.82 Å². The van der Waals surface area contributed by atoms with Crippen LogP contribution >= 0.6 is 11.3 Å². The van der Waals surface area contributed by atoms with Crippen molar-refractivity contribution < 1.29 is 9.18 Å². The third kappa shape index (κ3) is 4.05. The van der Waals surface area contributed by atoms with Crippen LogP contribution in [-0.2, 0) is 17.8 Å². The minimum absolute atomic E-state index is 0.0419. The lowest BCUT2D eigenvalue weighted by atomic mass is 10.0. The Morgan fingerprint density at radius 3 is 2.55 bits per heavy atom. The van der Waals surface area contributed by atoms with Crippen LogP contribution < -0.4 is 4.90 Å². The highest BCUT2D eigenvalue weighted by Gasteiger charge is 2.21. The maximum absolute atomic E-state index is 13.7. The van der Waals surface area contributed by atoms with Gasteiger partial charge in [-0.2, -0.15) is 0 Å². The van der Waals surface area contributed by atoms with Gasteiger partial charge in [0.2, 0.25) is 5.91 Å². The molecule has 0 spiro atoms. The molecule has 4 aromatic carbocycles. The molecule has 1 heterocycles. The molecule has 0 aliphatic carbocycles. The van der Waals surface area contributed by atoms with Crippen molar-refractivity contribution in [3.63, 3.8) is 0 Å². The molecule has 0 radical (unpaired) electrons. The number of aromatic nitrogens is 1. The van der Waals surface area contributed by atoms with Gasteiger partial charge in [-0.05, 0) is 40.1 Å². The molecule has 1 amide bonds. The molecule has 31 heavy (non-hydrogen) atoms. The van der Waals surface area contributed by atoms with E-state index in [1.54, 1.807) is 11.0 Å². The molecule has 0 atom stereocenters. The number of halogens is 1. The Balaban J connectivity index is 1.53. The number of hydrogen-bond acceptors (Lipinski definition) is 3. The third-order valence-electron chi connectivity index (χ3n) is 5.28. The Labute approximate surface area is 183 Å². The second-order valence-electron chi connectivity index (χ2n) is 7.39. The normalized spacial score (nSPS) is 11.1.